The molecule has 0 bridgehead atoms. The van der Waals surface area contributed by atoms with E-state index >= 15 is 0 Å². The number of fused-ring (bicyclic) bond motifs is 1. The number of aromatic nitrogens is 2. The fourth-order valence-corrected chi connectivity index (χ4v) is 1.03. The molecule has 0 saturated carbocycles. The molecule has 0 aliphatic rings. The summed E-state index contributed by atoms with van der Waals surface area (Å²) in [5.74, 6) is 0. The van der Waals surface area contributed by atoms with Crippen molar-refractivity contribution in [3.63, 3.8) is 0 Å². The van der Waals surface area contributed by atoms with Gasteiger partial charge in [-0.1, -0.05) is 0 Å². The van der Waals surface area contributed by atoms with Crippen LogP contribution in [0.2, 0.25) is 0 Å². The smallest absolute Gasteiger partial charge is 0.168 e. The summed E-state index contributed by atoms with van der Waals surface area (Å²) >= 11 is 0. The number of nitrogens with one attached hydrogen (secondary N) is 1. The van der Waals surface area contributed by atoms with Crippen LogP contribution in [-0.4, -0.2) is 16.3 Å². The fraction of sp³-hybridized carbons (Fsp3) is 0. The molecule has 2 aromatic rings. The van der Waals surface area contributed by atoms with Gasteiger partial charge >= 0.3 is 0 Å². The van der Waals surface area contributed by atoms with Crippen molar-refractivity contribution in [3.8, 4) is 0 Å². The van der Waals surface area contributed by atoms with E-state index in [0.29, 0.717) is 5.69 Å². The first-order chi connectivity index (χ1) is 5.40. The molecule has 11 heavy (non-hydrogen) atoms. The van der Waals surface area contributed by atoms with Gasteiger partial charge in [0.05, 0.1) is 0 Å². The summed E-state index contributed by atoms with van der Waals surface area (Å²) in [5.41, 5.74) is 1.40. The predicted octanol–water partition coefficient (Wildman–Crippen LogP) is 1.38. The van der Waals surface area contributed by atoms with E-state index in [1.54, 1.807) is 12.3 Å². The van der Waals surface area contributed by atoms with E-state index in [1.807, 2.05) is 12.3 Å². The standard InChI is InChI=1S/C8H6N2O/c11-5-7-3-8-6(4-10-7)1-2-9-8/h1-5,9H. The highest BCUT2D eigenvalue weighted by atomic mass is 16.1. The SMILES string of the molecule is O=Cc1cc2[nH]ccc2cn1. The zero-order chi connectivity index (χ0) is 7.68. The molecule has 3 heteroatoms. The zero-order valence-corrected chi connectivity index (χ0v) is 5.74. The van der Waals surface area contributed by atoms with Gasteiger partial charge in [0, 0.05) is 23.3 Å². The lowest BCUT2D eigenvalue weighted by Crippen LogP contribution is -1.83. The minimum absolute atomic E-state index is 0.458. The van der Waals surface area contributed by atoms with Crippen molar-refractivity contribution in [1.82, 2.24) is 9.97 Å². The van der Waals surface area contributed by atoms with Crippen molar-refractivity contribution in [2.45, 2.75) is 0 Å². The number of pyridine rings is 1. The minimum Gasteiger partial charge on any atom is -0.361 e. The lowest BCUT2D eigenvalue weighted by atomic mass is 10.3. The Morgan fingerprint density at radius 2 is 2.45 bits per heavy atom. The third-order valence-electron chi connectivity index (χ3n) is 1.58. The number of hydrogen-bond donors (Lipinski definition) is 1. The Balaban J connectivity index is 2.76. The van der Waals surface area contributed by atoms with Gasteiger partial charge < -0.3 is 4.98 Å². The van der Waals surface area contributed by atoms with Gasteiger partial charge in [0.2, 0.25) is 0 Å². The molecule has 0 radical (unpaired) electrons. The molecular weight excluding hydrogens is 140 g/mol. The van der Waals surface area contributed by atoms with E-state index in [1.165, 1.54) is 0 Å². The van der Waals surface area contributed by atoms with E-state index in [2.05, 4.69) is 9.97 Å². The van der Waals surface area contributed by atoms with Crippen molar-refractivity contribution >= 4 is 17.2 Å². The van der Waals surface area contributed by atoms with Crippen molar-refractivity contribution in [3.05, 3.63) is 30.2 Å². The lowest BCUT2D eigenvalue weighted by molar-refractivity contribution is 0.111. The average Bonchev–Trinajstić information content (AvgIpc) is 2.50. The summed E-state index contributed by atoms with van der Waals surface area (Å²) in [6, 6.07) is 3.64. The van der Waals surface area contributed by atoms with Gasteiger partial charge in [-0.25, -0.2) is 0 Å². The molecule has 2 heterocycles. The molecule has 0 atom stereocenters. The lowest BCUT2D eigenvalue weighted by Gasteiger charge is -1.89. The fourth-order valence-electron chi connectivity index (χ4n) is 1.03. The van der Waals surface area contributed by atoms with Crippen LogP contribution in [0.15, 0.2) is 24.5 Å². The Morgan fingerprint density at radius 3 is 3.27 bits per heavy atom. The van der Waals surface area contributed by atoms with Gasteiger partial charge in [-0.3, -0.25) is 9.78 Å². The van der Waals surface area contributed by atoms with Crippen LogP contribution in [0.4, 0.5) is 0 Å². The Labute approximate surface area is 63.1 Å². The molecule has 0 aliphatic carbocycles. The zero-order valence-electron chi connectivity index (χ0n) is 5.74. The number of nitrogens with zero attached hydrogens (tertiary/aromatic N) is 1. The molecule has 0 unspecified atom stereocenters. The van der Waals surface area contributed by atoms with Crippen LogP contribution in [0.25, 0.3) is 10.9 Å². The highest BCUT2D eigenvalue weighted by molar-refractivity contribution is 5.84. The molecule has 3 nitrogen and oxygen atoms in total. The second kappa shape index (κ2) is 2.20. The molecule has 2 aromatic heterocycles. The third-order valence-corrected chi connectivity index (χ3v) is 1.58. The Bertz CT molecular complexity index is 392. The van der Waals surface area contributed by atoms with Gasteiger partial charge in [0.25, 0.3) is 0 Å². The first-order valence-electron chi connectivity index (χ1n) is 3.28. The molecule has 0 saturated heterocycles. The molecule has 2 rings (SSSR count). The minimum atomic E-state index is 0.458. The predicted molar refractivity (Wildman–Crippen MR) is 41.5 cm³/mol. The Morgan fingerprint density at radius 1 is 1.55 bits per heavy atom. The van der Waals surface area contributed by atoms with Crippen LogP contribution in [-0.2, 0) is 0 Å². The van der Waals surface area contributed by atoms with Crippen LogP contribution in [0.5, 0.6) is 0 Å². The number of hydrogen-bond acceptors (Lipinski definition) is 2. The molecule has 1 N–H and O–H groups in total. The van der Waals surface area contributed by atoms with Gasteiger partial charge in [0.15, 0.2) is 6.29 Å². The van der Waals surface area contributed by atoms with Crippen LogP contribution in [0.1, 0.15) is 10.5 Å². The van der Waals surface area contributed by atoms with Crippen LogP contribution >= 0.6 is 0 Å². The van der Waals surface area contributed by atoms with E-state index in [9.17, 15) is 4.79 Å². The van der Waals surface area contributed by atoms with Crippen molar-refractivity contribution in [2.24, 2.45) is 0 Å². The third kappa shape index (κ3) is 0.902. The molecule has 0 aromatic carbocycles. The van der Waals surface area contributed by atoms with Crippen LogP contribution < -0.4 is 0 Å². The highest BCUT2D eigenvalue weighted by Crippen LogP contribution is 2.09. The summed E-state index contributed by atoms with van der Waals surface area (Å²) in [7, 11) is 0. The van der Waals surface area contributed by atoms with Gasteiger partial charge in [-0.2, -0.15) is 0 Å². The molecular formula is C8H6N2O. The van der Waals surface area contributed by atoms with E-state index in [0.717, 1.165) is 17.2 Å². The van der Waals surface area contributed by atoms with Crippen LogP contribution in [0, 0.1) is 0 Å². The Kier molecular flexibility index (Phi) is 1.22. The number of aldehydes is 1. The quantitative estimate of drug-likeness (QED) is 0.617. The normalized spacial score (nSPS) is 10.2. The molecule has 0 amide bonds. The van der Waals surface area contributed by atoms with E-state index < -0.39 is 0 Å². The summed E-state index contributed by atoms with van der Waals surface area (Å²) in [4.78, 5) is 17.2. The van der Waals surface area contributed by atoms with Gasteiger partial charge in [-0.05, 0) is 12.1 Å². The van der Waals surface area contributed by atoms with Gasteiger partial charge in [-0.15, -0.1) is 0 Å². The topological polar surface area (TPSA) is 45.8 Å². The van der Waals surface area contributed by atoms with E-state index in [-0.39, 0.29) is 0 Å². The van der Waals surface area contributed by atoms with Crippen molar-refractivity contribution < 1.29 is 4.79 Å². The molecule has 54 valence electrons. The van der Waals surface area contributed by atoms with E-state index in [4.69, 9.17) is 0 Å². The first kappa shape index (κ1) is 6.09. The number of carbonyl (C=O) groups is 1. The molecule has 0 fully saturated rings. The maximum absolute atomic E-state index is 10.3. The summed E-state index contributed by atoms with van der Waals surface area (Å²) in [6.45, 7) is 0. The van der Waals surface area contributed by atoms with Gasteiger partial charge in [0.1, 0.15) is 5.69 Å². The van der Waals surface area contributed by atoms with Crippen molar-refractivity contribution in [2.75, 3.05) is 0 Å². The average molecular weight is 146 g/mol. The van der Waals surface area contributed by atoms with Crippen molar-refractivity contribution in [1.29, 1.82) is 0 Å². The summed E-state index contributed by atoms with van der Waals surface area (Å²) in [5, 5.41) is 1.02. The maximum Gasteiger partial charge on any atom is 0.168 e. The number of rotatable bonds is 1. The number of aromatic amines is 1. The summed E-state index contributed by atoms with van der Waals surface area (Å²) < 4.78 is 0. The second-order valence-corrected chi connectivity index (χ2v) is 2.29. The highest BCUT2D eigenvalue weighted by Gasteiger charge is 1.95. The molecule has 0 spiro atoms. The number of carbonyl (C=O) groups excluding carboxylic acids is 1. The number of H-pyrrole nitrogens is 1. The maximum atomic E-state index is 10.3. The Hall–Kier alpha value is -1.64. The summed E-state index contributed by atoms with van der Waals surface area (Å²) in [6.07, 6.45) is 4.23. The van der Waals surface area contributed by atoms with Crippen LogP contribution in [0.3, 0.4) is 0 Å². The molecule has 0 aliphatic heterocycles. The first-order valence-corrected chi connectivity index (χ1v) is 3.28. The largest absolute Gasteiger partial charge is 0.361 e. The second-order valence-electron chi connectivity index (χ2n) is 2.29. The monoisotopic (exact) mass is 146 g/mol.